The maximum atomic E-state index is 11.3. The van der Waals surface area contributed by atoms with E-state index in [0.717, 1.165) is 38.5 Å². The first-order chi connectivity index (χ1) is 7.31. The van der Waals surface area contributed by atoms with Gasteiger partial charge in [0.25, 0.3) is 0 Å². The van der Waals surface area contributed by atoms with E-state index in [1.165, 1.54) is 6.08 Å². The van der Waals surface area contributed by atoms with Gasteiger partial charge in [-0.25, -0.2) is 0 Å². The SMILES string of the molecule is C=CC(=O)N1CCC2CNCC2C1.CC. The topological polar surface area (TPSA) is 32.3 Å². The molecule has 2 unspecified atom stereocenters. The van der Waals surface area contributed by atoms with Crippen molar-refractivity contribution in [3.05, 3.63) is 12.7 Å². The van der Waals surface area contributed by atoms with Gasteiger partial charge in [0.15, 0.2) is 0 Å². The Labute approximate surface area is 92.5 Å². The number of fused-ring (bicyclic) bond motifs is 1. The monoisotopic (exact) mass is 210 g/mol. The molecule has 2 heterocycles. The fourth-order valence-corrected chi connectivity index (χ4v) is 2.36. The highest BCUT2D eigenvalue weighted by atomic mass is 16.2. The van der Waals surface area contributed by atoms with Crippen molar-refractivity contribution in [3.63, 3.8) is 0 Å². The quantitative estimate of drug-likeness (QED) is 0.661. The molecule has 0 aromatic heterocycles. The molecule has 2 atom stereocenters. The molecular formula is C12H22N2O. The predicted octanol–water partition coefficient (Wildman–Crippen LogP) is 1.27. The van der Waals surface area contributed by atoms with Crippen LogP contribution in [0, 0.1) is 11.8 Å². The van der Waals surface area contributed by atoms with Crippen LogP contribution in [0.25, 0.3) is 0 Å². The van der Waals surface area contributed by atoms with Gasteiger partial charge in [-0.05, 0) is 37.4 Å². The van der Waals surface area contributed by atoms with Crippen LogP contribution in [0.2, 0.25) is 0 Å². The number of nitrogens with one attached hydrogen (secondary N) is 1. The Morgan fingerprint density at radius 2 is 2.07 bits per heavy atom. The summed E-state index contributed by atoms with van der Waals surface area (Å²) in [4.78, 5) is 13.3. The Morgan fingerprint density at radius 3 is 2.73 bits per heavy atom. The number of carbonyl (C=O) groups excluding carboxylic acids is 1. The lowest BCUT2D eigenvalue weighted by Gasteiger charge is -2.33. The summed E-state index contributed by atoms with van der Waals surface area (Å²) in [5.74, 6) is 1.57. The summed E-state index contributed by atoms with van der Waals surface area (Å²) in [5, 5.41) is 3.38. The maximum Gasteiger partial charge on any atom is 0.245 e. The van der Waals surface area contributed by atoms with Crippen molar-refractivity contribution in [1.29, 1.82) is 0 Å². The molecule has 0 spiro atoms. The van der Waals surface area contributed by atoms with Gasteiger partial charge < -0.3 is 10.2 Å². The number of carbonyl (C=O) groups is 1. The molecule has 0 aromatic rings. The highest BCUT2D eigenvalue weighted by molar-refractivity contribution is 5.87. The lowest BCUT2D eigenvalue weighted by Crippen LogP contribution is -2.42. The molecule has 2 fully saturated rings. The van der Waals surface area contributed by atoms with E-state index in [1.54, 1.807) is 0 Å². The zero-order chi connectivity index (χ0) is 11.3. The van der Waals surface area contributed by atoms with Crippen molar-refractivity contribution in [3.8, 4) is 0 Å². The second-order valence-corrected chi connectivity index (χ2v) is 3.96. The minimum atomic E-state index is 0.0883. The van der Waals surface area contributed by atoms with Gasteiger partial charge in [0.05, 0.1) is 0 Å². The van der Waals surface area contributed by atoms with E-state index in [9.17, 15) is 4.79 Å². The van der Waals surface area contributed by atoms with Gasteiger partial charge in [0, 0.05) is 13.1 Å². The molecule has 1 N–H and O–H groups in total. The highest BCUT2D eigenvalue weighted by Crippen LogP contribution is 2.26. The van der Waals surface area contributed by atoms with E-state index in [0.29, 0.717) is 5.92 Å². The van der Waals surface area contributed by atoms with Crippen molar-refractivity contribution >= 4 is 5.91 Å². The molecule has 15 heavy (non-hydrogen) atoms. The summed E-state index contributed by atoms with van der Waals surface area (Å²) < 4.78 is 0. The van der Waals surface area contributed by atoms with E-state index < -0.39 is 0 Å². The number of rotatable bonds is 1. The Morgan fingerprint density at radius 1 is 1.40 bits per heavy atom. The summed E-state index contributed by atoms with van der Waals surface area (Å²) >= 11 is 0. The molecule has 2 rings (SSSR count). The third-order valence-electron chi connectivity index (χ3n) is 3.19. The zero-order valence-electron chi connectivity index (χ0n) is 9.83. The Hall–Kier alpha value is -0.830. The molecule has 2 saturated heterocycles. The van der Waals surface area contributed by atoms with Crippen LogP contribution in [-0.2, 0) is 4.79 Å². The second kappa shape index (κ2) is 5.91. The highest BCUT2D eigenvalue weighted by Gasteiger charge is 2.33. The standard InChI is InChI=1S/C10H16N2O.C2H6/c1-2-10(13)12-4-3-8-5-11-6-9(8)7-12;1-2/h2,8-9,11H,1,3-7H2;1-2H3. The summed E-state index contributed by atoms with van der Waals surface area (Å²) in [5.41, 5.74) is 0. The maximum absolute atomic E-state index is 11.3. The fourth-order valence-electron chi connectivity index (χ4n) is 2.36. The molecule has 86 valence electrons. The third-order valence-corrected chi connectivity index (χ3v) is 3.19. The summed E-state index contributed by atoms with van der Waals surface area (Å²) in [6, 6.07) is 0. The number of hydrogen-bond acceptors (Lipinski definition) is 2. The van der Waals surface area contributed by atoms with Gasteiger partial charge in [0.2, 0.25) is 5.91 Å². The van der Waals surface area contributed by atoms with Crippen LogP contribution < -0.4 is 5.32 Å². The molecule has 1 amide bonds. The van der Waals surface area contributed by atoms with Crippen molar-refractivity contribution in [2.24, 2.45) is 11.8 Å². The average Bonchev–Trinajstić information content (AvgIpc) is 2.77. The number of amides is 1. The van der Waals surface area contributed by atoms with Gasteiger partial charge in [-0.15, -0.1) is 0 Å². The Bertz CT molecular complexity index is 228. The first kappa shape index (κ1) is 12.2. The lowest BCUT2D eigenvalue weighted by molar-refractivity contribution is -0.128. The molecule has 0 aliphatic carbocycles. The van der Waals surface area contributed by atoms with Crippen molar-refractivity contribution in [2.45, 2.75) is 20.3 Å². The van der Waals surface area contributed by atoms with E-state index in [2.05, 4.69) is 11.9 Å². The molecule has 0 bridgehead atoms. The van der Waals surface area contributed by atoms with Crippen LogP contribution in [-0.4, -0.2) is 37.0 Å². The minimum Gasteiger partial charge on any atom is -0.339 e. The van der Waals surface area contributed by atoms with E-state index in [1.807, 2.05) is 18.7 Å². The first-order valence-corrected chi connectivity index (χ1v) is 5.93. The normalized spacial score (nSPS) is 28.8. The molecule has 3 heteroatoms. The van der Waals surface area contributed by atoms with Gasteiger partial charge in [0.1, 0.15) is 0 Å². The van der Waals surface area contributed by atoms with Crippen LogP contribution in [0.1, 0.15) is 20.3 Å². The summed E-state index contributed by atoms with van der Waals surface area (Å²) in [7, 11) is 0. The molecule has 0 aromatic carbocycles. The van der Waals surface area contributed by atoms with E-state index in [4.69, 9.17) is 0 Å². The molecule has 2 aliphatic heterocycles. The predicted molar refractivity (Wildman–Crippen MR) is 62.6 cm³/mol. The minimum absolute atomic E-state index is 0.0883. The molecule has 0 saturated carbocycles. The largest absolute Gasteiger partial charge is 0.339 e. The van der Waals surface area contributed by atoms with Crippen LogP contribution in [0.5, 0.6) is 0 Å². The van der Waals surface area contributed by atoms with Crippen LogP contribution >= 0.6 is 0 Å². The summed E-state index contributed by atoms with van der Waals surface area (Å²) in [6.07, 6.45) is 2.57. The van der Waals surface area contributed by atoms with Crippen molar-refractivity contribution in [2.75, 3.05) is 26.2 Å². The molecule has 2 aliphatic rings. The Balaban J connectivity index is 0.000000531. The zero-order valence-corrected chi connectivity index (χ0v) is 9.83. The van der Waals surface area contributed by atoms with Crippen LogP contribution in [0.3, 0.4) is 0 Å². The third kappa shape index (κ3) is 2.81. The number of nitrogens with zero attached hydrogens (tertiary/aromatic N) is 1. The van der Waals surface area contributed by atoms with Crippen LogP contribution in [0.15, 0.2) is 12.7 Å². The molecule has 0 radical (unpaired) electrons. The lowest BCUT2D eigenvalue weighted by atomic mass is 9.89. The Kier molecular flexibility index (Phi) is 4.82. The molecular weight excluding hydrogens is 188 g/mol. The number of hydrogen-bond donors (Lipinski definition) is 1. The van der Waals surface area contributed by atoms with Gasteiger partial charge in [-0.3, -0.25) is 4.79 Å². The number of piperidine rings is 1. The average molecular weight is 210 g/mol. The van der Waals surface area contributed by atoms with Gasteiger partial charge in [-0.1, -0.05) is 20.4 Å². The van der Waals surface area contributed by atoms with E-state index >= 15 is 0 Å². The van der Waals surface area contributed by atoms with E-state index in [-0.39, 0.29) is 5.91 Å². The van der Waals surface area contributed by atoms with Crippen molar-refractivity contribution in [1.82, 2.24) is 10.2 Å². The summed E-state index contributed by atoms with van der Waals surface area (Å²) in [6.45, 7) is 11.6. The van der Waals surface area contributed by atoms with Gasteiger partial charge >= 0.3 is 0 Å². The van der Waals surface area contributed by atoms with Crippen molar-refractivity contribution < 1.29 is 4.79 Å². The smallest absolute Gasteiger partial charge is 0.245 e. The van der Waals surface area contributed by atoms with Crippen LogP contribution in [0.4, 0.5) is 0 Å². The number of likely N-dealkylation sites (tertiary alicyclic amines) is 1. The van der Waals surface area contributed by atoms with Gasteiger partial charge in [-0.2, -0.15) is 0 Å². The fraction of sp³-hybridized carbons (Fsp3) is 0.750. The first-order valence-electron chi connectivity index (χ1n) is 5.93. The second-order valence-electron chi connectivity index (χ2n) is 3.96. The molecule has 3 nitrogen and oxygen atoms in total.